The van der Waals surface area contributed by atoms with Crippen LogP contribution in [0, 0.1) is 21.4 Å². The molecule has 0 saturated carbocycles. The van der Waals surface area contributed by atoms with Gasteiger partial charge in [-0.2, -0.15) is 0 Å². The molecule has 0 bridgehead atoms. The minimum absolute atomic E-state index is 0.0680. The van der Waals surface area contributed by atoms with E-state index in [2.05, 4.69) is 36.3 Å². The number of fused-ring (bicyclic) bond motifs is 1. The molecule has 1 N–H and O–H groups in total. The number of aliphatic imine (C=N–C) groups is 1. The van der Waals surface area contributed by atoms with Gasteiger partial charge in [0.05, 0.1) is 10.5 Å². The largest absolute Gasteiger partial charge is 0.322 e. The summed E-state index contributed by atoms with van der Waals surface area (Å²) in [6.45, 7) is 9.35. The Labute approximate surface area is 302 Å². The fourth-order valence-electron chi connectivity index (χ4n) is 5.92. The number of benzene rings is 3. The third-order valence-electron chi connectivity index (χ3n) is 8.64. The highest BCUT2D eigenvalue weighted by Gasteiger charge is 2.34. The quantitative estimate of drug-likeness (QED) is 0.0916. The fourth-order valence-corrected chi connectivity index (χ4v) is 8.48. The van der Waals surface area contributed by atoms with Crippen LogP contribution in [0.1, 0.15) is 60.5 Å². The van der Waals surface area contributed by atoms with Crippen LogP contribution in [-0.2, 0) is 19.4 Å². The van der Waals surface area contributed by atoms with Gasteiger partial charge in [0.25, 0.3) is 11.6 Å². The molecule has 252 valence electrons. The van der Waals surface area contributed by atoms with Gasteiger partial charge in [0, 0.05) is 61.5 Å². The lowest BCUT2D eigenvalue weighted by Gasteiger charge is -2.33. The van der Waals surface area contributed by atoms with Crippen molar-refractivity contribution in [2.75, 3.05) is 5.32 Å². The van der Waals surface area contributed by atoms with Gasteiger partial charge in [-0.15, -0.1) is 21.5 Å². The molecule has 1 amide bonds. The van der Waals surface area contributed by atoms with Crippen molar-refractivity contribution in [3.8, 4) is 11.4 Å². The number of carbonyl (C=O) groups excluding carboxylic acids is 1. The number of carbonyl (C=O) groups is 1. The Morgan fingerprint density at radius 2 is 1.90 bits per heavy atom. The van der Waals surface area contributed by atoms with Crippen molar-refractivity contribution in [2.45, 2.75) is 63.6 Å². The van der Waals surface area contributed by atoms with Crippen molar-refractivity contribution in [3.63, 3.8) is 0 Å². The van der Waals surface area contributed by atoms with Crippen LogP contribution in [0.2, 0.25) is 10.0 Å². The smallest absolute Gasteiger partial charge is 0.270 e. The molecule has 0 aliphatic heterocycles. The molecular formula is C36H34Cl2N6O3S2. The number of thiophene rings is 1. The van der Waals surface area contributed by atoms with E-state index in [1.807, 2.05) is 29.7 Å². The normalized spacial score (nSPS) is 14.6. The second-order valence-corrected chi connectivity index (χ2v) is 15.8. The van der Waals surface area contributed by atoms with Crippen molar-refractivity contribution in [3.05, 3.63) is 108 Å². The number of nitrogens with zero attached hydrogens (tertiary/aromatic N) is 5. The standard InChI is InChI=1S/C36H34Cl2N6O3S2/c1-5-43-32(21-7-6-8-25(38)17-21)41-42-35(43)49-29-16-14-27(44(46)47)18-22(29)20-39-34-31(33(45)40-26-12-10-24(37)11-13-26)28-15-9-23(36(2,3)4)19-30(28)48-34/h6-8,10-14,16-18,20,23H,5,9,15,19H2,1-4H3,(H,40,45)/t23-/m1/s1. The van der Waals surface area contributed by atoms with Crippen LogP contribution in [0.3, 0.4) is 0 Å². The van der Waals surface area contributed by atoms with Crippen LogP contribution in [0.25, 0.3) is 11.4 Å². The maximum Gasteiger partial charge on any atom is 0.270 e. The summed E-state index contributed by atoms with van der Waals surface area (Å²) in [7, 11) is 0. The minimum Gasteiger partial charge on any atom is -0.322 e. The molecule has 1 aliphatic carbocycles. The fraction of sp³-hybridized carbons (Fsp3) is 0.278. The molecule has 2 aromatic heterocycles. The van der Waals surface area contributed by atoms with Crippen LogP contribution < -0.4 is 5.32 Å². The van der Waals surface area contributed by atoms with Crippen molar-refractivity contribution in [1.82, 2.24) is 14.8 Å². The van der Waals surface area contributed by atoms with Crippen LogP contribution in [0.15, 0.2) is 81.8 Å². The number of anilines is 1. The van der Waals surface area contributed by atoms with E-state index < -0.39 is 4.92 Å². The second-order valence-electron chi connectivity index (χ2n) is 12.9. The number of nitrogens with one attached hydrogen (secondary N) is 1. The molecule has 9 nitrogen and oxygen atoms in total. The number of rotatable bonds is 9. The highest BCUT2D eigenvalue weighted by atomic mass is 35.5. The van der Waals surface area contributed by atoms with E-state index in [9.17, 15) is 14.9 Å². The Kier molecular flexibility index (Phi) is 10.3. The first-order chi connectivity index (χ1) is 23.4. The Balaban J connectivity index is 1.38. The first-order valence-corrected chi connectivity index (χ1v) is 18.2. The average molecular weight is 734 g/mol. The Morgan fingerprint density at radius 1 is 1.12 bits per heavy atom. The number of amides is 1. The number of hydrogen-bond donors (Lipinski definition) is 1. The number of nitro groups is 1. The SMILES string of the molecule is CCn1c(Sc2ccc([N+](=O)[O-])cc2C=Nc2sc3c(c2C(=O)Nc2ccc(Cl)cc2)CC[C@@H](C(C)(C)C)C3)nnc1-c1cccc(Cl)c1. The zero-order valence-electron chi connectivity index (χ0n) is 27.4. The van der Waals surface area contributed by atoms with Crippen molar-refractivity contribution in [2.24, 2.45) is 16.3 Å². The lowest BCUT2D eigenvalue weighted by atomic mass is 9.72. The molecular weight excluding hydrogens is 699 g/mol. The van der Waals surface area contributed by atoms with Crippen LogP contribution in [0.5, 0.6) is 0 Å². The maximum absolute atomic E-state index is 13.9. The van der Waals surface area contributed by atoms with Gasteiger partial charge >= 0.3 is 0 Å². The van der Waals surface area contributed by atoms with Gasteiger partial charge in [-0.3, -0.25) is 14.9 Å². The van der Waals surface area contributed by atoms with Gasteiger partial charge in [-0.05, 0) is 97.3 Å². The molecule has 1 atom stereocenters. The molecule has 1 aliphatic rings. The molecule has 0 saturated heterocycles. The summed E-state index contributed by atoms with van der Waals surface area (Å²) in [5.41, 5.74) is 3.59. The lowest BCUT2D eigenvalue weighted by Crippen LogP contribution is -2.27. The summed E-state index contributed by atoms with van der Waals surface area (Å²) in [6.07, 6.45) is 4.21. The van der Waals surface area contributed by atoms with Crippen molar-refractivity contribution in [1.29, 1.82) is 0 Å². The number of nitro benzene ring substituents is 1. The van der Waals surface area contributed by atoms with Crippen LogP contribution in [-0.4, -0.2) is 31.8 Å². The molecule has 2 heterocycles. The van der Waals surface area contributed by atoms with Gasteiger partial charge in [0.15, 0.2) is 11.0 Å². The number of non-ortho nitro benzene ring substituents is 1. The van der Waals surface area contributed by atoms with E-state index in [0.29, 0.717) is 60.2 Å². The third-order valence-corrected chi connectivity index (χ3v) is 11.4. The first-order valence-electron chi connectivity index (χ1n) is 15.8. The van der Waals surface area contributed by atoms with Gasteiger partial charge in [0.1, 0.15) is 5.00 Å². The predicted octanol–water partition coefficient (Wildman–Crippen LogP) is 10.5. The van der Waals surface area contributed by atoms with Crippen LogP contribution in [0.4, 0.5) is 16.4 Å². The number of hydrogen-bond acceptors (Lipinski definition) is 8. The Hall–Kier alpha value is -4.03. The van der Waals surface area contributed by atoms with E-state index in [-0.39, 0.29) is 17.0 Å². The molecule has 13 heteroatoms. The first kappa shape index (κ1) is 34.8. The summed E-state index contributed by atoms with van der Waals surface area (Å²) < 4.78 is 1.97. The molecule has 6 rings (SSSR count). The van der Waals surface area contributed by atoms with E-state index >= 15 is 0 Å². The van der Waals surface area contributed by atoms with Gasteiger partial charge in [-0.1, -0.05) is 56.1 Å². The highest BCUT2D eigenvalue weighted by molar-refractivity contribution is 7.99. The number of aromatic nitrogens is 3. The van der Waals surface area contributed by atoms with Gasteiger partial charge in [0.2, 0.25) is 0 Å². The Morgan fingerprint density at radius 3 is 2.59 bits per heavy atom. The summed E-state index contributed by atoms with van der Waals surface area (Å²) >= 11 is 15.2. The topological polar surface area (TPSA) is 115 Å². The van der Waals surface area contributed by atoms with Crippen molar-refractivity contribution < 1.29 is 9.72 Å². The molecule has 49 heavy (non-hydrogen) atoms. The van der Waals surface area contributed by atoms with E-state index in [0.717, 1.165) is 35.3 Å². The molecule has 0 unspecified atom stereocenters. The van der Waals surface area contributed by atoms with E-state index in [1.165, 1.54) is 35.2 Å². The van der Waals surface area contributed by atoms with Gasteiger partial charge in [-0.25, -0.2) is 4.99 Å². The molecule has 0 radical (unpaired) electrons. The Bertz CT molecular complexity index is 2070. The molecule has 5 aromatic rings. The summed E-state index contributed by atoms with van der Waals surface area (Å²) in [6, 6.07) is 19.0. The zero-order valence-corrected chi connectivity index (χ0v) is 30.5. The van der Waals surface area contributed by atoms with Gasteiger partial charge < -0.3 is 9.88 Å². The van der Waals surface area contributed by atoms with Crippen LogP contribution >= 0.6 is 46.3 Å². The summed E-state index contributed by atoms with van der Waals surface area (Å²) in [4.78, 5) is 32.0. The second kappa shape index (κ2) is 14.4. The number of halogens is 2. The molecule has 0 spiro atoms. The highest BCUT2D eigenvalue weighted by Crippen LogP contribution is 2.46. The summed E-state index contributed by atoms with van der Waals surface area (Å²) in [5.74, 6) is 0.883. The summed E-state index contributed by atoms with van der Waals surface area (Å²) in [5, 5.41) is 26.1. The minimum atomic E-state index is -0.431. The van der Waals surface area contributed by atoms with E-state index in [4.69, 9.17) is 28.2 Å². The van der Waals surface area contributed by atoms with E-state index in [1.54, 1.807) is 42.6 Å². The predicted molar refractivity (Wildman–Crippen MR) is 199 cm³/mol. The molecule has 3 aromatic carbocycles. The third kappa shape index (κ3) is 7.75. The molecule has 0 fully saturated rings. The lowest BCUT2D eigenvalue weighted by molar-refractivity contribution is -0.384. The zero-order chi connectivity index (χ0) is 34.9. The maximum atomic E-state index is 13.9. The monoisotopic (exact) mass is 732 g/mol. The average Bonchev–Trinajstić information content (AvgIpc) is 3.65. The van der Waals surface area contributed by atoms with Crippen molar-refractivity contribution >= 4 is 74.8 Å².